The summed E-state index contributed by atoms with van der Waals surface area (Å²) in [5.74, 6) is -1.15. The zero-order valence-corrected chi connectivity index (χ0v) is 49.5. The SMILES string of the molecule is CC/C=C\C/C=C\C/C=C\C/C=C\C/C=C\C/C=C\C/C=C\C/C=C\C/C=C\CCCCCC(=O)OCC(COC(=O)CC/C=C\C/C=C\C/C=C\C/C=C\CC)OC(=O)CCC/C=C\C/C=C\C/C=C\C/C=C\C/C=C\CC. The Labute approximate surface area is 482 Å². The summed E-state index contributed by atoms with van der Waals surface area (Å²) in [6, 6.07) is 0. The van der Waals surface area contributed by atoms with Crippen LogP contribution < -0.4 is 0 Å². The summed E-state index contributed by atoms with van der Waals surface area (Å²) in [4.78, 5) is 38.1. The minimum Gasteiger partial charge on any atom is -0.462 e. The van der Waals surface area contributed by atoms with Gasteiger partial charge < -0.3 is 14.2 Å². The summed E-state index contributed by atoms with van der Waals surface area (Å²) in [5.41, 5.74) is 0. The number of ether oxygens (including phenoxy) is 3. The average Bonchev–Trinajstić information content (AvgIpc) is 3.45. The Bertz CT molecular complexity index is 2010. The van der Waals surface area contributed by atoms with E-state index >= 15 is 0 Å². The largest absolute Gasteiger partial charge is 0.462 e. The molecule has 0 heterocycles. The van der Waals surface area contributed by atoms with E-state index < -0.39 is 12.1 Å². The van der Waals surface area contributed by atoms with Gasteiger partial charge in [-0.3, -0.25) is 14.4 Å². The van der Waals surface area contributed by atoms with Gasteiger partial charge in [-0.2, -0.15) is 0 Å². The summed E-state index contributed by atoms with van der Waals surface area (Å²) in [7, 11) is 0. The first-order chi connectivity index (χ1) is 39.0. The Kier molecular flexibility index (Phi) is 59.2. The molecule has 6 heteroatoms. The molecule has 0 aromatic rings. The van der Waals surface area contributed by atoms with E-state index in [1.54, 1.807) is 0 Å². The third-order valence-corrected chi connectivity index (χ3v) is 11.5. The molecule has 0 fully saturated rings. The molecular formula is C73H106O6. The van der Waals surface area contributed by atoms with Gasteiger partial charge in [-0.15, -0.1) is 0 Å². The predicted molar refractivity (Wildman–Crippen MR) is 343 cm³/mol. The van der Waals surface area contributed by atoms with Crippen LogP contribution >= 0.6 is 0 Å². The van der Waals surface area contributed by atoms with Gasteiger partial charge in [-0.25, -0.2) is 0 Å². The minimum absolute atomic E-state index is 0.154. The number of unbranched alkanes of at least 4 members (excludes halogenated alkanes) is 4. The third kappa shape index (κ3) is 62.5. The van der Waals surface area contributed by atoms with Gasteiger partial charge >= 0.3 is 17.9 Å². The topological polar surface area (TPSA) is 78.9 Å². The quantitative estimate of drug-likeness (QED) is 0.0261. The molecule has 434 valence electrons. The first-order valence-electron chi connectivity index (χ1n) is 30.2. The van der Waals surface area contributed by atoms with Crippen LogP contribution in [0.5, 0.6) is 0 Å². The van der Waals surface area contributed by atoms with Gasteiger partial charge in [0.15, 0.2) is 6.10 Å². The van der Waals surface area contributed by atoms with Crippen molar-refractivity contribution in [2.75, 3.05) is 13.2 Å². The lowest BCUT2D eigenvalue weighted by molar-refractivity contribution is -0.166. The molecule has 0 amide bonds. The van der Waals surface area contributed by atoms with Gasteiger partial charge in [0.05, 0.1) is 0 Å². The summed E-state index contributed by atoms with van der Waals surface area (Å²) in [6.07, 6.45) is 101. The highest BCUT2D eigenvalue weighted by Crippen LogP contribution is 2.10. The zero-order chi connectivity index (χ0) is 57.1. The maximum absolute atomic E-state index is 12.8. The van der Waals surface area contributed by atoms with Gasteiger partial charge in [0.25, 0.3) is 0 Å². The minimum atomic E-state index is -0.866. The van der Waals surface area contributed by atoms with Crippen LogP contribution in [-0.2, 0) is 28.6 Å². The van der Waals surface area contributed by atoms with Crippen LogP contribution in [0.1, 0.15) is 201 Å². The van der Waals surface area contributed by atoms with Crippen molar-refractivity contribution in [3.8, 4) is 0 Å². The maximum Gasteiger partial charge on any atom is 0.306 e. The van der Waals surface area contributed by atoms with Crippen molar-refractivity contribution in [1.82, 2.24) is 0 Å². The summed E-state index contributed by atoms with van der Waals surface area (Å²) in [5, 5.41) is 0. The molecule has 0 bridgehead atoms. The Hall–Kier alpha value is -6.27. The number of rotatable bonds is 51. The fraction of sp³-hybridized carbons (Fsp3) is 0.466. The number of carbonyl (C=O) groups excluding carboxylic acids is 3. The van der Waals surface area contributed by atoms with Crippen LogP contribution in [0.3, 0.4) is 0 Å². The Balaban J connectivity index is 4.54. The number of allylic oxidation sites excluding steroid dienone is 36. The molecule has 0 aliphatic heterocycles. The van der Waals surface area contributed by atoms with Crippen molar-refractivity contribution in [2.45, 2.75) is 207 Å². The Morgan fingerprint density at radius 1 is 0.253 bits per heavy atom. The molecule has 0 rings (SSSR count). The molecule has 0 aromatic carbocycles. The monoisotopic (exact) mass is 1080 g/mol. The van der Waals surface area contributed by atoms with Crippen molar-refractivity contribution in [2.24, 2.45) is 0 Å². The van der Waals surface area contributed by atoms with Gasteiger partial charge in [0.1, 0.15) is 13.2 Å². The summed E-state index contributed by atoms with van der Waals surface area (Å²) < 4.78 is 16.7. The lowest BCUT2D eigenvalue weighted by Gasteiger charge is -2.18. The van der Waals surface area contributed by atoms with Gasteiger partial charge in [-0.05, 0) is 154 Å². The van der Waals surface area contributed by atoms with Crippen molar-refractivity contribution < 1.29 is 28.6 Å². The van der Waals surface area contributed by atoms with Crippen LogP contribution in [0, 0.1) is 0 Å². The first-order valence-corrected chi connectivity index (χ1v) is 30.2. The smallest absolute Gasteiger partial charge is 0.306 e. The van der Waals surface area contributed by atoms with E-state index in [9.17, 15) is 14.4 Å². The highest BCUT2D eigenvalue weighted by molar-refractivity contribution is 5.71. The number of hydrogen-bond acceptors (Lipinski definition) is 6. The zero-order valence-electron chi connectivity index (χ0n) is 49.5. The molecule has 0 saturated carbocycles. The van der Waals surface area contributed by atoms with Crippen molar-refractivity contribution in [3.05, 3.63) is 219 Å². The van der Waals surface area contributed by atoms with E-state index in [0.29, 0.717) is 19.3 Å². The molecule has 0 saturated heterocycles. The van der Waals surface area contributed by atoms with E-state index in [2.05, 4.69) is 227 Å². The Morgan fingerprint density at radius 3 is 0.797 bits per heavy atom. The highest BCUT2D eigenvalue weighted by atomic mass is 16.6. The van der Waals surface area contributed by atoms with Crippen LogP contribution in [0.2, 0.25) is 0 Å². The molecule has 6 nitrogen and oxygen atoms in total. The van der Waals surface area contributed by atoms with Crippen molar-refractivity contribution >= 4 is 17.9 Å². The molecule has 1 atom stereocenters. The number of esters is 3. The van der Waals surface area contributed by atoms with Crippen LogP contribution in [0.25, 0.3) is 0 Å². The molecule has 0 N–H and O–H groups in total. The second-order valence-electron chi connectivity index (χ2n) is 18.8. The molecule has 0 radical (unpaired) electrons. The molecular weight excluding hydrogens is 973 g/mol. The van der Waals surface area contributed by atoms with Gasteiger partial charge in [0, 0.05) is 19.3 Å². The maximum atomic E-state index is 12.8. The van der Waals surface area contributed by atoms with Gasteiger partial charge in [-0.1, -0.05) is 246 Å². The van der Waals surface area contributed by atoms with Gasteiger partial charge in [0.2, 0.25) is 0 Å². The standard InChI is InChI=1S/C73H106O6/c1-4-7-10-13-16-19-22-25-27-29-30-31-32-33-34-35-36-37-38-39-40-41-42-44-45-48-51-54-57-60-63-66-72(75)78-69-70(68-77-71(74)65-62-59-56-53-50-47-24-21-18-15-12-9-6-3)79-73(76)67-64-61-58-55-52-49-46-43-28-26-23-20-17-14-11-8-5-2/h7-12,16-21,25-28,30-31,33-34,36-37,39-40,42,44,46-51,55-56,58-59,70H,4-6,13-15,22-24,29,32,35,38,41,43,45,52-54,57,60-69H2,1-3H3/b10-7-,11-8-,12-9-,19-16-,20-17-,21-18-,27-25-,28-26-,31-30-,34-33-,37-36-,40-39-,44-42-,49-46-,50-47-,51-48-,58-55-,59-56-. The van der Waals surface area contributed by atoms with Crippen LogP contribution in [-0.4, -0.2) is 37.2 Å². The number of hydrogen-bond donors (Lipinski definition) is 0. The third-order valence-electron chi connectivity index (χ3n) is 11.5. The molecule has 79 heavy (non-hydrogen) atoms. The first kappa shape index (κ1) is 72.7. The molecule has 0 aromatic heterocycles. The average molecular weight is 1080 g/mol. The van der Waals surface area contributed by atoms with E-state index in [4.69, 9.17) is 14.2 Å². The second kappa shape index (κ2) is 64.3. The normalized spacial score (nSPS) is 13.7. The fourth-order valence-corrected chi connectivity index (χ4v) is 7.07. The van der Waals surface area contributed by atoms with E-state index in [-0.39, 0.29) is 44.4 Å². The van der Waals surface area contributed by atoms with Crippen LogP contribution in [0.4, 0.5) is 0 Å². The van der Waals surface area contributed by atoms with E-state index in [1.807, 2.05) is 12.2 Å². The van der Waals surface area contributed by atoms with E-state index in [0.717, 1.165) is 141 Å². The lowest BCUT2D eigenvalue weighted by Crippen LogP contribution is -2.30. The van der Waals surface area contributed by atoms with E-state index in [1.165, 1.54) is 0 Å². The fourth-order valence-electron chi connectivity index (χ4n) is 7.07. The lowest BCUT2D eigenvalue weighted by atomic mass is 10.1. The highest BCUT2D eigenvalue weighted by Gasteiger charge is 2.19. The number of carbonyl (C=O) groups is 3. The summed E-state index contributed by atoms with van der Waals surface area (Å²) >= 11 is 0. The molecule has 0 aliphatic carbocycles. The predicted octanol–water partition coefficient (Wildman–Crippen LogP) is 21.0. The molecule has 0 aliphatic rings. The van der Waals surface area contributed by atoms with Crippen molar-refractivity contribution in [3.63, 3.8) is 0 Å². The van der Waals surface area contributed by atoms with Crippen molar-refractivity contribution in [1.29, 1.82) is 0 Å². The molecule has 1 unspecified atom stereocenters. The summed E-state index contributed by atoms with van der Waals surface area (Å²) in [6.45, 7) is 6.12. The Morgan fingerprint density at radius 2 is 0.494 bits per heavy atom. The molecule has 0 spiro atoms. The van der Waals surface area contributed by atoms with Crippen LogP contribution in [0.15, 0.2) is 219 Å². The second-order valence-corrected chi connectivity index (χ2v) is 18.8.